The third-order valence-electron chi connectivity index (χ3n) is 5.17. The van der Waals surface area contributed by atoms with Crippen LogP contribution in [0.3, 0.4) is 0 Å². The van der Waals surface area contributed by atoms with Gasteiger partial charge in [-0.2, -0.15) is 0 Å². The molecule has 3 aromatic carbocycles. The highest BCUT2D eigenvalue weighted by atomic mass is 32.2. The molecule has 31 heavy (non-hydrogen) atoms. The minimum Gasteiger partial charge on any atom is -0.453 e. The number of rotatable bonds is 5. The van der Waals surface area contributed by atoms with Crippen LogP contribution in [0.5, 0.6) is 0 Å². The number of hydrogen-bond acceptors (Lipinski definition) is 4. The summed E-state index contributed by atoms with van der Waals surface area (Å²) in [6.45, 7) is 6.23. The molecule has 0 radical (unpaired) electrons. The zero-order valence-corrected chi connectivity index (χ0v) is 18.4. The van der Waals surface area contributed by atoms with E-state index in [1.807, 2.05) is 42.5 Å². The molecule has 0 spiro atoms. The summed E-state index contributed by atoms with van der Waals surface area (Å²) in [6, 6.07) is 21.2. The standard InChI is InChI=1S/C25H23NO4S.H2/c1-25(2,3)18-9-12-20(13-10-18)31(28,29)26-19-11-14-22-21(15-19)24(23(16-27)30-22)17-7-5-4-6-8-17;/h4-16,26H,1-3H3;1H. The Labute approximate surface area is 183 Å². The predicted molar refractivity (Wildman–Crippen MR) is 125 cm³/mol. The van der Waals surface area contributed by atoms with Crippen LogP contribution in [0.2, 0.25) is 0 Å². The number of carbonyl (C=O) groups excluding carboxylic acids is 1. The van der Waals surface area contributed by atoms with Crippen molar-refractivity contribution in [2.75, 3.05) is 4.72 Å². The van der Waals surface area contributed by atoms with Gasteiger partial charge in [-0.05, 0) is 46.9 Å². The molecular formula is C25H25NO4S. The quantitative estimate of drug-likeness (QED) is 0.376. The molecule has 0 unspecified atom stereocenters. The van der Waals surface area contributed by atoms with Gasteiger partial charge in [0.1, 0.15) is 5.58 Å². The Balaban J connectivity index is 0.00000289. The van der Waals surface area contributed by atoms with Crippen LogP contribution >= 0.6 is 0 Å². The van der Waals surface area contributed by atoms with Crippen LogP contribution in [0.4, 0.5) is 5.69 Å². The lowest BCUT2D eigenvalue weighted by Crippen LogP contribution is -2.14. The lowest BCUT2D eigenvalue weighted by molar-refractivity contribution is 0.110. The van der Waals surface area contributed by atoms with E-state index >= 15 is 0 Å². The normalized spacial score (nSPS) is 12.1. The number of sulfonamides is 1. The van der Waals surface area contributed by atoms with Crippen LogP contribution in [0.15, 0.2) is 82.1 Å². The van der Waals surface area contributed by atoms with Gasteiger partial charge in [-0.3, -0.25) is 9.52 Å². The molecule has 0 bridgehead atoms. The number of hydrogen-bond donors (Lipinski definition) is 1. The van der Waals surface area contributed by atoms with Crippen LogP contribution in [0, 0.1) is 0 Å². The van der Waals surface area contributed by atoms with Crippen LogP contribution in [0.1, 0.15) is 38.3 Å². The number of nitrogens with one attached hydrogen (secondary N) is 1. The average molecular weight is 436 g/mol. The molecule has 0 aliphatic rings. The maximum atomic E-state index is 12.9. The molecule has 0 saturated carbocycles. The van der Waals surface area contributed by atoms with Crippen molar-refractivity contribution < 1.29 is 19.1 Å². The van der Waals surface area contributed by atoms with Gasteiger partial charge in [0.2, 0.25) is 0 Å². The van der Waals surface area contributed by atoms with Crippen molar-refractivity contribution in [1.82, 2.24) is 0 Å². The molecule has 0 amide bonds. The molecule has 1 heterocycles. The molecule has 0 atom stereocenters. The Morgan fingerprint density at radius 2 is 1.61 bits per heavy atom. The smallest absolute Gasteiger partial charge is 0.261 e. The fourth-order valence-corrected chi connectivity index (χ4v) is 4.56. The van der Waals surface area contributed by atoms with E-state index in [0.29, 0.717) is 28.5 Å². The molecule has 0 aliphatic carbocycles. The highest BCUT2D eigenvalue weighted by Crippen LogP contribution is 2.36. The van der Waals surface area contributed by atoms with Gasteiger partial charge >= 0.3 is 0 Å². The first-order chi connectivity index (χ1) is 14.7. The highest BCUT2D eigenvalue weighted by Gasteiger charge is 2.20. The number of fused-ring (bicyclic) bond motifs is 1. The third kappa shape index (κ3) is 4.11. The Morgan fingerprint density at radius 1 is 0.935 bits per heavy atom. The summed E-state index contributed by atoms with van der Waals surface area (Å²) in [5.41, 5.74) is 3.36. The largest absolute Gasteiger partial charge is 0.453 e. The van der Waals surface area contributed by atoms with E-state index in [2.05, 4.69) is 25.5 Å². The third-order valence-corrected chi connectivity index (χ3v) is 6.56. The van der Waals surface area contributed by atoms with E-state index in [-0.39, 0.29) is 17.5 Å². The number of benzene rings is 3. The topological polar surface area (TPSA) is 76.4 Å². The first-order valence-corrected chi connectivity index (χ1v) is 11.4. The Kier molecular flexibility index (Phi) is 5.19. The summed E-state index contributed by atoms with van der Waals surface area (Å²) in [5, 5.41) is 0.664. The van der Waals surface area contributed by atoms with E-state index < -0.39 is 10.0 Å². The monoisotopic (exact) mass is 435 g/mol. The van der Waals surface area contributed by atoms with E-state index in [1.54, 1.807) is 30.3 Å². The van der Waals surface area contributed by atoms with Crippen LogP contribution in [0.25, 0.3) is 22.1 Å². The van der Waals surface area contributed by atoms with Gasteiger partial charge in [-0.25, -0.2) is 8.42 Å². The molecular weight excluding hydrogens is 410 g/mol. The van der Waals surface area contributed by atoms with Crippen molar-refractivity contribution >= 4 is 33.0 Å². The highest BCUT2D eigenvalue weighted by molar-refractivity contribution is 7.92. The van der Waals surface area contributed by atoms with Crippen molar-refractivity contribution in [3.05, 3.63) is 84.1 Å². The Hall–Kier alpha value is -3.38. The first-order valence-electron chi connectivity index (χ1n) is 9.89. The SMILES string of the molecule is CC(C)(C)c1ccc(S(=O)(=O)Nc2ccc3oc(C=O)c(-c4ccccc4)c3c2)cc1.[HH]. The zero-order chi connectivity index (χ0) is 22.2. The number of carbonyl (C=O) groups is 1. The molecule has 0 saturated heterocycles. The van der Waals surface area contributed by atoms with Crippen LogP contribution in [-0.2, 0) is 15.4 Å². The maximum Gasteiger partial charge on any atom is 0.261 e. The van der Waals surface area contributed by atoms with Crippen molar-refractivity contribution in [3.8, 4) is 11.1 Å². The number of aldehydes is 1. The first kappa shape index (κ1) is 20.9. The van der Waals surface area contributed by atoms with Crippen molar-refractivity contribution in [3.63, 3.8) is 0 Å². The fraction of sp³-hybridized carbons (Fsp3) is 0.160. The van der Waals surface area contributed by atoms with Gasteiger partial charge in [-0.15, -0.1) is 0 Å². The number of anilines is 1. The second-order valence-electron chi connectivity index (χ2n) is 8.42. The molecule has 4 rings (SSSR count). The summed E-state index contributed by atoms with van der Waals surface area (Å²) in [7, 11) is -3.77. The number of furan rings is 1. The molecule has 6 heteroatoms. The lowest BCUT2D eigenvalue weighted by atomic mass is 9.87. The van der Waals surface area contributed by atoms with Gasteiger partial charge in [-0.1, -0.05) is 63.2 Å². The summed E-state index contributed by atoms with van der Waals surface area (Å²) in [5.74, 6) is 0.207. The van der Waals surface area contributed by atoms with E-state index in [9.17, 15) is 13.2 Å². The van der Waals surface area contributed by atoms with Gasteiger partial charge in [0.25, 0.3) is 10.0 Å². The fourth-order valence-electron chi connectivity index (χ4n) is 3.51. The van der Waals surface area contributed by atoms with Gasteiger partial charge in [0, 0.05) is 18.1 Å². The van der Waals surface area contributed by atoms with Gasteiger partial charge in [0.05, 0.1) is 4.90 Å². The maximum absolute atomic E-state index is 12.9. The van der Waals surface area contributed by atoms with Gasteiger partial charge < -0.3 is 4.42 Å². The predicted octanol–water partition coefficient (Wildman–Crippen LogP) is 6.26. The van der Waals surface area contributed by atoms with E-state index in [0.717, 1.165) is 11.1 Å². The van der Waals surface area contributed by atoms with Crippen LogP contribution < -0.4 is 4.72 Å². The van der Waals surface area contributed by atoms with E-state index in [1.165, 1.54) is 0 Å². The summed E-state index contributed by atoms with van der Waals surface area (Å²) < 4.78 is 34.2. The molecule has 1 N–H and O–H groups in total. The minimum atomic E-state index is -3.77. The summed E-state index contributed by atoms with van der Waals surface area (Å²) in [4.78, 5) is 11.7. The second-order valence-corrected chi connectivity index (χ2v) is 10.1. The van der Waals surface area contributed by atoms with Gasteiger partial charge in [0.15, 0.2) is 12.0 Å². The second kappa shape index (κ2) is 7.71. The lowest BCUT2D eigenvalue weighted by Gasteiger charge is -2.19. The van der Waals surface area contributed by atoms with Crippen molar-refractivity contribution in [2.45, 2.75) is 31.1 Å². The Bertz CT molecular complexity index is 1350. The minimum absolute atomic E-state index is 0. The summed E-state index contributed by atoms with van der Waals surface area (Å²) >= 11 is 0. The van der Waals surface area contributed by atoms with E-state index in [4.69, 9.17) is 4.42 Å². The molecule has 160 valence electrons. The molecule has 1 aromatic heterocycles. The molecule has 5 nitrogen and oxygen atoms in total. The molecule has 4 aromatic rings. The molecule has 0 fully saturated rings. The zero-order valence-electron chi connectivity index (χ0n) is 17.5. The van der Waals surface area contributed by atoms with Crippen molar-refractivity contribution in [1.29, 1.82) is 0 Å². The average Bonchev–Trinajstić information content (AvgIpc) is 3.11. The molecule has 0 aliphatic heterocycles. The van der Waals surface area contributed by atoms with Crippen molar-refractivity contribution in [2.24, 2.45) is 0 Å². The summed E-state index contributed by atoms with van der Waals surface area (Å²) in [6.07, 6.45) is 0.670. The van der Waals surface area contributed by atoms with Crippen LogP contribution in [-0.4, -0.2) is 14.7 Å². The Morgan fingerprint density at radius 3 is 2.23 bits per heavy atom.